The molecule has 0 aliphatic heterocycles. The largest absolute Gasteiger partial charge is 0.493 e. The Morgan fingerprint density at radius 2 is 1.79 bits per heavy atom. The standard InChI is InChI=1S/C24H32N2O2/c1-24(2,3)16-12-13-20-19(15-16)17(9-6-7-14-25)22(26-20)18-10-8-11-21(27-4)23(18)28-5/h8,10-13,15,26H,6-7,9,14,25H2,1-5H3. The minimum Gasteiger partial charge on any atom is -0.493 e. The first-order valence-electron chi connectivity index (χ1n) is 9.97. The summed E-state index contributed by atoms with van der Waals surface area (Å²) in [5.74, 6) is 1.50. The van der Waals surface area contributed by atoms with Crippen molar-refractivity contribution in [3.8, 4) is 22.8 Å². The molecule has 0 amide bonds. The summed E-state index contributed by atoms with van der Waals surface area (Å²) in [6, 6.07) is 12.8. The van der Waals surface area contributed by atoms with E-state index in [9.17, 15) is 0 Å². The van der Waals surface area contributed by atoms with Crippen molar-refractivity contribution < 1.29 is 9.47 Å². The third-order valence-corrected chi connectivity index (χ3v) is 5.33. The van der Waals surface area contributed by atoms with Gasteiger partial charge in [0, 0.05) is 16.5 Å². The Bertz CT molecular complexity index is 951. The zero-order chi connectivity index (χ0) is 20.3. The summed E-state index contributed by atoms with van der Waals surface area (Å²) >= 11 is 0. The molecule has 150 valence electrons. The lowest BCUT2D eigenvalue weighted by Gasteiger charge is -2.19. The van der Waals surface area contributed by atoms with Crippen molar-refractivity contribution in [1.29, 1.82) is 0 Å². The second-order valence-corrected chi connectivity index (χ2v) is 8.28. The number of nitrogens with two attached hydrogens (primary N) is 1. The van der Waals surface area contributed by atoms with Gasteiger partial charge in [0.25, 0.3) is 0 Å². The number of H-pyrrole nitrogens is 1. The number of hydrogen-bond acceptors (Lipinski definition) is 3. The van der Waals surface area contributed by atoms with Gasteiger partial charge in [-0.25, -0.2) is 0 Å². The maximum Gasteiger partial charge on any atom is 0.170 e. The van der Waals surface area contributed by atoms with E-state index in [4.69, 9.17) is 15.2 Å². The van der Waals surface area contributed by atoms with E-state index in [2.05, 4.69) is 50.0 Å². The molecular weight excluding hydrogens is 348 g/mol. The number of aromatic nitrogens is 1. The Balaban J connectivity index is 2.23. The van der Waals surface area contributed by atoms with Crippen molar-refractivity contribution in [2.24, 2.45) is 5.73 Å². The minimum atomic E-state index is 0.105. The summed E-state index contributed by atoms with van der Waals surface area (Å²) in [5, 5.41) is 1.28. The summed E-state index contributed by atoms with van der Waals surface area (Å²) in [4.78, 5) is 3.65. The lowest BCUT2D eigenvalue weighted by Crippen LogP contribution is -2.10. The summed E-state index contributed by atoms with van der Waals surface area (Å²) in [5.41, 5.74) is 11.8. The number of hydrogen-bond donors (Lipinski definition) is 2. The fourth-order valence-electron chi connectivity index (χ4n) is 3.73. The average Bonchev–Trinajstić information content (AvgIpc) is 3.04. The highest BCUT2D eigenvalue weighted by molar-refractivity contribution is 5.93. The average molecular weight is 381 g/mol. The molecule has 1 aromatic heterocycles. The Morgan fingerprint density at radius 3 is 2.43 bits per heavy atom. The molecule has 1 heterocycles. The maximum absolute atomic E-state index is 5.75. The Labute approximate surface area is 168 Å². The van der Waals surface area contributed by atoms with Gasteiger partial charge in [0.1, 0.15) is 0 Å². The molecule has 0 aliphatic carbocycles. The quantitative estimate of drug-likeness (QED) is 0.537. The van der Waals surface area contributed by atoms with Crippen LogP contribution in [0.25, 0.3) is 22.2 Å². The van der Waals surface area contributed by atoms with E-state index in [-0.39, 0.29) is 5.41 Å². The molecule has 3 N–H and O–H groups in total. The van der Waals surface area contributed by atoms with Gasteiger partial charge in [-0.2, -0.15) is 0 Å². The van der Waals surface area contributed by atoms with E-state index >= 15 is 0 Å². The van der Waals surface area contributed by atoms with Crippen LogP contribution < -0.4 is 15.2 Å². The molecule has 4 nitrogen and oxygen atoms in total. The SMILES string of the molecule is COc1cccc(-c2[nH]c3ccc(C(C)(C)C)cc3c2CCCCN)c1OC. The molecule has 0 saturated heterocycles. The monoisotopic (exact) mass is 380 g/mol. The molecule has 28 heavy (non-hydrogen) atoms. The number of benzene rings is 2. The third kappa shape index (κ3) is 3.88. The van der Waals surface area contributed by atoms with Gasteiger partial charge in [-0.05, 0) is 66.6 Å². The van der Waals surface area contributed by atoms with Crippen molar-refractivity contribution in [1.82, 2.24) is 4.98 Å². The van der Waals surface area contributed by atoms with Crippen LogP contribution in [0.5, 0.6) is 11.5 Å². The van der Waals surface area contributed by atoms with Crippen LogP contribution in [0.15, 0.2) is 36.4 Å². The second kappa shape index (κ2) is 8.27. The normalized spacial score (nSPS) is 11.8. The summed E-state index contributed by atoms with van der Waals surface area (Å²) in [7, 11) is 3.36. The predicted molar refractivity (Wildman–Crippen MR) is 118 cm³/mol. The van der Waals surface area contributed by atoms with Gasteiger partial charge in [0.05, 0.1) is 19.9 Å². The highest BCUT2D eigenvalue weighted by Gasteiger charge is 2.21. The minimum absolute atomic E-state index is 0.105. The molecule has 0 spiro atoms. The molecule has 0 atom stereocenters. The molecule has 0 aliphatic rings. The number of para-hydroxylation sites is 1. The topological polar surface area (TPSA) is 60.3 Å². The number of methoxy groups -OCH3 is 2. The lowest BCUT2D eigenvalue weighted by molar-refractivity contribution is 0.356. The number of nitrogens with one attached hydrogen (secondary N) is 1. The summed E-state index contributed by atoms with van der Waals surface area (Å²) in [6.45, 7) is 7.47. The van der Waals surface area contributed by atoms with Crippen LogP contribution in [0.3, 0.4) is 0 Å². The van der Waals surface area contributed by atoms with E-state index < -0.39 is 0 Å². The molecule has 3 rings (SSSR count). The number of fused-ring (bicyclic) bond motifs is 1. The van der Waals surface area contributed by atoms with Gasteiger partial charge in [-0.1, -0.05) is 32.9 Å². The number of aryl methyl sites for hydroxylation is 1. The van der Waals surface area contributed by atoms with Crippen molar-refractivity contribution in [2.45, 2.75) is 45.4 Å². The summed E-state index contributed by atoms with van der Waals surface area (Å²) in [6.07, 6.45) is 3.04. The van der Waals surface area contributed by atoms with Gasteiger partial charge < -0.3 is 20.2 Å². The fraction of sp³-hybridized carbons (Fsp3) is 0.417. The molecule has 3 aromatic rings. The maximum atomic E-state index is 5.75. The number of rotatable bonds is 7. The first-order chi connectivity index (χ1) is 13.4. The molecule has 0 radical (unpaired) electrons. The zero-order valence-corrected chi connectivity index (χ0v) is 17.7. The highest BCUT2D eigenvalue weighted by Crippen LogP contribution is 2.42. The zero-order valence-electron chi connectivity index (χ0n) is 17.7. The fourth-order valence-corrected chi connectivity index (χ4v) is 3.73. The second-order valence-electron chi connectivity index (χ2n) is 8.28. The van der Waals surface area contributed by atoms with E-state index in [0.29, 0.717) is 6.54 Å². The van der Waals surface area contributed by atoms with E-state index in [0.717, 1.165) is 47.5 Å². The van der Waals surface area contributed by atoms with Crippen LogP contribution in [-0.4, -0.2) is 25.7 Å². The lowest BCUT2D eigenvalue weighted by atomic mass is 9.86. The van der Waals surface area contributed by atoms with Crippen molar-refractivity contribution in [2.75, 3.05) is 20.8 Å². The third-order valence-electron chi connectivity index (χ3n) is 5.33. The van der Waals surface area contributed by atoms with Gasteiger partial charge >= 0.3 is 0 Å². The number of aromatic amines is 1. The van der Waals surface area contributed by atoms with Crippen LogP contribution in [0.4, 0.5) is 0 Å². The van der Waals surface area contributed by atoms with Gasteiger partial charge in [-0.15, -0.1) is 0 Å². The number of unbranched alkanes of at least 4 members (excludes halogenated alkanes) is 1. The molecule has 0 saturated carbocycles. The Kier molecular flexibility index (Phi) is 5.99. The predicted octanol–water partition coefficient (Wildman–Crippen LogP) is 5.43. The molecule has 2 aromatic carbocycles. The van der Waals surface area contributed by atoms with Gasteiger partial charge in [0.2, 0.25) is 0 Å². The molecule has 4 heteroatoms. The van der Waals surface area contributed by atoms with Gasteiger partial charge in [0.15, 0.2) is 11.5 Å². The number of ether oxygens (including phenoxy) is 2. The first-order valence-corrected chi connectivity index (χ1v) is 9.97. The van der Waals surface area contributed by atoms with Crippen LogP contribution >= 0.6 is 0 Å². The van der Waals surface area contributed by atoms with Crippen LogP contribution in [0.1, 0.15) is 44.7 Å². The van der Waals surface area contributed by atoms with Crippen molar-refractivity contribution in [3.63, 3.8) is 0 Å². The highest BCUT2D eigenvalue weighted by atomic mass is 16.5. The molecular formula is C24H32N2O2. The molecule has 0 fully saturated rings. The van der Waals surface area contributed by atoms with E-state index in [1.54, 1.807) is 14.2 Å². The van der Waals surface area contributed by atoms with Gasteiger partial charge in [-0.3, -0.25) is 0 Å². The van der Waals surface area contributed by atoms with E-state index in [1.165, 1.54) is 16.5 Å². The molecule has 0 bridgehead atoms. The molecule has 0 unspecified atom stereocenters. The Morgan fingerprint density at radius 1 is 1.00 bits per heavy atom. The summed E-state index contributed by atoms with van der Waals surface area (Å²) < 4.78 is 11.2. The smallest absolute Gasteiger partial charge is 0.170 e. The van der Waals surface area contributed by atoms with Crippen LogP contribution in [0.2, 0.25) is 0 Å². The van der Waals surface area contributed by atoms with E-state index in [1.807, 2.05) is 12.1 Å². The first kappa shape index (κ1) is 20.3. The Hall–Kier alpha value is -2.46. The van der Waals surface area contributed by atoms with Crippen LogP contribution in [-0.2, 0) is 11.8 Å². The van der Waals surface area contributed by atoms with Crippen molar-refractivity contribution >= 4 is 10.9 Å². The van der Waals surface area contributed by atoms with Crippen molar-refractivity contribution in [3.05, 3.63) is 47.5 Å². The van der Waals surface area contributed by atoms with Crippen LogP contribution in [0, 0.1) is 0 Å².